The third kappa shape index (κ3) is 4.07. The lowest BCUT2D eigenvalue weighted by Crippen LogP contribution is -2.30. The van der Waals surface area contributed by atoms with Gasteiger partial charge in [0.05, 0.1) is 5.69 Å². The smallest absolute Gasteiger partial charge is 0.357 e. The van der Waals surface area contributed by atoms with Gasteiger partial charge in [0.2, 0.25) is 0 Å². The lowest BCUT2D eigenvalue weighted by molar-refractivity contribution is -0.119. The van der Waals surface area contributed by atoms with Gasteiger partial charge in [0, 0.05) is 4.47 Å². The minimum atomic E-state index is -1.09. The number of esters is 1. The number of hydrogen-bond acceptors (Lipinski definition) is 6. The molecule has 9 nitrogen and oxygen atoms in total. The third-order valence-electron chi connectivity index (χ3n) is 2.67. The maximum Gasteiger partial charge on any atom is 0.357 e. The van der Waals surface area contributed by atoms with E-state index in [1.54, 1.807) is 24.3 Å². The van der Waals surface area contributed by atoms with E-state index in [4.69, 9.17) is 10.5 Å². The summed E-state index contributed by atoms with van der Waals surface area (Å²) in [5, 5.41) is 2.52. The Labute approximate surface area is 137 Å². The molecule has 0 spiro atoms. The van der Waals surface area contributed by atoms with Gasteiger partial charge < -0.3 is 15.8 Å². The van der Waals surface area contributed by atoms with Crippen LogP contribution < -0.4 is 22.3 Å². The fraction of sp³-hybridized carbons (Fsp3) is 0.0769. The fourth-order valence-corrected chi connectivity index (χ4v) is 1.99. The molecule has 0 radical (unpaired) electrons. The average molecular weight is 383 g/mol. The largest absolute Gasteiger partial charge is 0.451 e. The maximum absolute atomic E-state index is 11.8. The van der Waals surface area contributed by atoms with E-state index in [-0.39, 0.29) is 0 Å². The van der Waals surface area contributed by atoms with E-state index in [0.717, 1.165) is 0 Å². The normalized spacial score (nSPS) is 10.1. The van der Waals surface area contributed by atoms with Gasteiger partial charge in [-0.3, -0.25) is 19.6 Å². The number of carbonyl (C=O) groups excluding carboxylic acids is 2. The van der Waals surface area contributed by atoms with Gasteiger partial charge >= 0.3 is 11.7 Å². The van der Waals surface area contributed by atoms with Crippen molar-refractivity contribution in [3.8, 4) is 0 Å². The molecule has 2 rings (SSSR count). The van der Waals surface area contributed by atoms with E-state index < -0.39 is 41.1 Å². The van der Waals surface area contributed by atoms with Gasteiger partial charge in [-0.25, -0.2) is 9.59 Å². The van der Waals surface area contributed by atoms with Gasteiger partial charge in [0.1, 0.15) is 5.69 Å². The molecule has 0 unspecified atom stereocenters. The molecule has 1 heterocycles. The summed E-state index contributed by atoms with van der Waals surface area (Å²) >= 11 is 3.25. The summed E-state index contributed by atoms with van der Waals surface area (Å²) in [5.74, 6) is -1.69. The van der Waals surface area contributed by atoms with E-state index in [1.807, 2.05) is 9.97 Å². The van der Waals surface area contributed by atoms with Gasteiger partial charge in [-0.1, -0.05) is 12.1 Å². The summed E-state index contributed by atoms with van der Waals surface area (Å²) in [6, 6.07) is 6.86. The Bertz CT molecular complexity index is 873. The van der Waals surface area contributed by atoms with Crippen molar-refractivity contribution in [2.24, 2.45) is 0 Å². The summed E-state index contributed by atoms with van der Waals surface area (Å²) in [5.41, 5.74) is 3.05. The number of halogens is 1. The molecule has 0 saturated carbocycles. The number of ether oxygens (including phenoxy) is 1. The van der Waals surface area contributed by atoms with Crippen LogP contribution in [-0.2, 0) is 9.53 Å². The predicted octanol–water partition coefficient (Wildman–Crippen LogP) is 0.203. The van der Waals surface area contributed by atoms with Gasteiger partial charge in [0.25, 0.3) is 11.5 Å². The number of hydrogen-bond donors (Lipinski definition) is 4. The van der Waals surface area contributed by atoms with Crippen molar-refractivity contribution in [3.05, 3.63) is 55.3 Å². The number of aromatic amines is 2. The second-order valence-corrected chi connectivity index (χ2v) is 5.16. The highest BCUT2D eigenvalue weighted by Gasteiger charge is 2.17. The van der Waals surface area contributed by atoms with Crippen LogP contribution in [0, 0.1) is 0 Å². The Balaban J connectivity index is 2.02. The van der Waals surface area contributed by atoms with Crippen molar-refractivity contribution in [2.75, 3.05) is 17.7 Å². The Morgan fingerprint density at radius 3 is 2.61 bits per heavy atom. The van der Waals surface area contributed by atoms with E-state index in [9.17, 15) is 19.2 Å². The SMILES string of the molecule is Nc1c(C(=O)OCC(=O)Nc2ccccc2Br)[nH]c(=O)[nH]c1=O. The molecule has 0 saturated heterocycles. The number of rotatable bonds is 4. The molecule has 0 aliphatic carbocycles. The van der Waals surface area contributed by atoms with Crippen LogP contribution in [0.3, 0.4) is 0 Å². The molecule has 0 aliphatic heterocycles. The molecule has 1 aromatic carbocycles. The average Bonchev–Trinajstić information content (AvgIpc) is 2.50. The zero-order chi connectivity index (χ0) is 17.0. The monoisotopic (exact) mass is 382 g/mol. The standard InChI is InChI=1S/C13H11BrN4O5/c14-6-3-1-2-4-7(6)16-8(19)5-23-12(21)10-9(15)11(20)18-13(22)17-10/h1-4H,5,15H2,(H,16,19)(H2,17,18,20,22). The molecule has 0 aliphatic rings. The lowest BCUT2D eigenvalue weighted by atomic mass is 10.3. The van der Waals surface area contributed by atoms with Crippen LogP contribution in [0.1, 0.15) is 10.5 Å². The van der Waals surface area contributed by atoms with Gasteiger partial charge in [-0.15, -0.1) is 0 Å². The Hall–Kier alpha value is -2.88. The first kappa shape index (κ1) is 16.5. The minimum absolute atomic E-state index is 0.498. The number of amides is 1. The number of anilines is 2. The summed E-state index contributed by atoms with van der Waals surface area (Å²) in [4.78, 5) is 49.8. The molecule has 5 N–H and O–H groups in total. The van der Waals surface area contributed by atoms with E-state index in [2.05, 4.69) is 21.2 Å². The number of nitrogens with one attached hydrogen (secondary N) is 3. The molecule has 0 fully saturated rings. The zero-order valence-corrected chi connectivity index (χ0v) is 13.1. The third-order valence-corrected chi connectivity index (χ3v) is 3.36. The number of H-pyrrole nitrogens is 2. The zero-order valence-electron chi connectivity index (χ0n) is 11.5. The highest BCUT2D eigenvalue weighted by molar-refractivity contribution is 9.10. The highest BCUT2D eigenvalue weighted by atomic mass is 79.9. The molecular formula is C13H11BrN4O5. The molecule has 120 valence electrons. The summed E-state index contributed by atoms with van der Waals surface area (Å²) in [6.45, 7) is -0.617. The number of nitrogen functional groups attached to an aromatic ring is 1. The topological polar surface area (TPSA) is 147 Å². The molecular weight excluding hydrogens is 372 g/mol. The number of para-hydroxylation sites is 1. The minimum Gasteiger partial charge on any atom is -0.451 e. The van der Waals surface area contributed by atoms with Crippen LogP contribution in [0.2, 0.25) is 0 Å². The molecule has 2 aromatic rings. The van der Waals surface area contributed by atoms with E-state index in [0.29, 0.717) is 10.2 Å². The number of benzene rings is 1. The van der Waals surface area contributed by atoms with Crippen LogP contribution in [0.25, 0.3) is 0 Å². The molecule has 0 atom stereocenters. The Morgan fingerprint density at radius 1 is 1.22 bits per heavy atom. The van der Waals surface area contributed by atoms with Crippen LogP contribution in [0.5, 0.6) is 0 Å². The van der Waals surface area contributed by atoms with Crippen LogP contribution in [0.15, 0.2) is 38.3 Å². The van der Waals surface area contributed by atoms with E-state index >= 15 is 0 Å². The van der Waals surface area contributed by atoms with Gasteiger partial charge in [-0.05, 0) is 28.1 Å². The van der Waals surface area contributed by atoms with Gasteiger partial charge in [-0.2, -0.15) is 0 Å². The summed E-state index contributed by atoms with van der Waals surface area (Å²) in [6.07, 6.45) is 0. The predicted molar refractivity (Wildman–Crippen MR) is 85.2 cm³/mol. The first-order valence-electron chi connectivity index (χ1n) is 6.22. The summed E-state index contributed by atoms with van der Waals surface area (Å²) in [7, 11) is 0. The van der Waals surface area contributed by atoms with Crippen molar-refractivity contribution in [1.29, 1.82) is 0 Å². The van der Waals surface area contributed by atoms with Crippen molar-refractivity contribution >= 4 is 39.2 Å². The first-order chi connectivity index (χ1) is 10.9. The Kier molecular flexibility index (Phi) is 4.96. The second kappa shape index (κ2) is 6.92. The molecule has 0 bridgehead atoms. The molecule has 23 heavy (non-hydrogen) atoms. The molecule has 1 amide bonds. The Morgan fingerprint density at radius 2 is 1.91 bits per heavy atom. The van der Waals surface area contributed by atoms with Crippen LogP contribution >= 0.6 is 15.9 Å². The van der Waals surface area contributed by atoms with Gasteiger partial charge in [0.15, 0.2) is 12.3 Å². The van der Waals surface area contributed by atoms with Crippen molar-refractivity contribution in [1.82, 2.24) is 9.97 Å². The van der Waals surface area contributed by atoms with Crippen molar-refractivity contribution in [2.45, 2.75) is 0 Å². The van der Waals surface area contributed by atoms with Crippen LogP contribution in [0.4, 0.5) is 11.4 Å². The van der Waals surface area contributed by atoms with E-state index in [1.165, 1.54) is 0 Å². The van der Waals surface area contributed by atoms with Crippen molar-refractivity contribution < 1.29 is 14.3 Å². The van der Waals surface area contributed by atoms with Crippen molar-refractivity contribution in [3.63, 3.8) is 0 Å². The number of nitrogens with two attached hydrogens (primary N) is 1. The van der Waals surface area contributed by atoms with Crippen LogP contribution in [-0.4, -0.2) is 28.5 Å². The highest BCUT2D eigenvalue weighted by Crippen LogP contribution is 2.20. The number of aromatic nitrogens is 2. The molecule has 10 heteroatoms. The summed E-state index contributed by atoms with van der Waals surface area (Å²) < 4.78 is 5.38. The fourth-order valence-electron chi connectivity index (χ4n) is 1.61. The lowest BCUT2D eigenvalue weighted by Gasteiger charge is -2.08. The first-order valence-corrected chi connectivity index (χ1v) is 7.01. The molecule has 1 aromatic heterocycles. The quantitative estimate of drug-likeness (QED) is 0.555. The maximum atomic E-state index is 11.8. The second-order valence-electron chi connectivity index (χ2n) is 4.30. The number of carbonyl (C=O) groups is 2.